The van der Waals surface area contributed by atoms with Gasteiger partial charge in [-0.3, -0.25) is 9.69 Å². The number of likely N-dealkylation sites (N-methyl/N-ethyl adjacent to an activating group) is 1. The van der Waals surface area contributed by atoms with Crippen molar-refractivity contribution in [1.82, 2.24) is 4.90 Å². The Hall–Kier alpha value is -1.70. The van der Waals surface area contributed by atoms with Gasteiger partial charge in [-0.1, -0.05) is 19.1 Å². The smallest absolute Gasteiger partial charge is 0.176 e. The summed E-state index contributed by atoms with van der Waals surface area (Å²) in [5, 5.41) is 8.69. The van der Waals surface area contributed by atoms with Gasteiger partial charge in [0.2, 0.25) is 0 Å². The van der Waals surface area contributed by atoms with Gasteiger partial charge in [0.25, 0.3) is 0 Å². The van der Waals surface area contributed by atoms with E-state index in [1.54, 1.807) is 31.4 Å². The second-order valence-corrected chi connectivity index (χ2v) is 3.97. The van der Waals surface area contributed by atoms with E-state index >= 15 is 0 Å². The van der Waals surface area contributed by atoms with E-state index in [-0.39, 0.29) is 5.78 Å². The molecule has 4 nitrogen and oxygen atoms in total. The Kier molecular flexibility index (Phi) is 6.06. The molecule has 0 aliphatic heterocycles. The first-order chi connectivity index (χ1) is 8.71. The normalized spacial score (nSPS) is 10.3. The van der Waals surface area contributed by atoms with Crippen LogP contribution in [0.2, 0.25) is 0 Å². The molecule has 0 saturated heterocycles. The maximum absolute atomic E-state index is 12.0. The second kappa shape index (κ2) is 7.59. The number of ether oxygens (including phenoxy) is 1. The molecule has 0 aliphatic carbocycles. The Bertz CT molecular complexity index is 420. The van der Waals surface area contributed by atoms with Gasteiger partial charge in [-0.2, -0.15) is 5.26 Å². The summed E-state index contributed by atoms with van der Waals surface area (Å²) in [7, 11) is 1.65. The zero-order chi connectivity index (χ0) is 13.4. The molecule has 1 rings (SSSR count). The number of carbonyl (C=O) groups is 1. The summed E-state index contributed by atoms with van der Waals surface area (Å²) in [6.07, 6.45) is 0. The van der Waals surface area contributed by atoms with Crippen LogP contribution in [-0.4, -0.2) is 44.0 Å². The van der Waals surface area contributed by atoms with Crippen LogP contribution in [0.25, 0.3) is 0 Å². The molecule has 0 N–H and O–H groups in total. The summed E-state index contributed by atoms with van der Waals surface area (Å²) in [5.41, 5.74) is 1.21. The predicted octanol–water partition coefficient (Wildman–Crippen LogP) is 1.71. The van der Waals surface area contributed by atoms with E-state index in [1.807, 2.05) is 17.9 Å². The highest BCUT2D eigenvalue weighted by Gasteiger charge is 2.10. The summed E-state index contributed by atoms with van der Waals surface area (Å²) >= 11 is 0. The first-order valence-corrected chi connectivity index (χ1v) is 5.96. The Labute approximate surface area is 108 Å². The molecular weight excluding hydrogens is 228 g/mol. The second-order valence-electron chi connectivity index (χ2n) is 3.97. The molecule has 0 fully saturated rings. The molecule has 0 heterocycles. The average molecular weight is 246 g/mol. The molecule has 0 bridgehead atoms. The van der Waals surface area contributed by atoms with Crippen molar-refractivity contribution in [2.45, 2.75) is 6.92 Å². The highest BCUT2D eigenvalue weighted by atomic mass is 16.5. The SMILES string of the molecule is CCN(CCOC)CC(=O)c1ccc(C#N)cc1. The molecule has 4 heteroatoms. The van der Waals surface area contributed by atoms with Crippen molar-refractivity contribution in [3.8, 4) is 6.07 Å². The van der Waals surface area contributed by atoms with Gasteiger partial charge < -0.3 is 4.74 Å². The van der Waals surface area contributed by atoms with Crippen LogP contribution >= 0.6 is 0 Å². The van der Waals surface area contributed by atoms with Crippen LogP contribution in [-0.2, 0) is 4.74 Å². The lowest BCUT2D eigenvalue weighted by molar-refractivity contribution is 0.0902. The summed E-state index contributed by atoms with van der Waals surface area (Å²) in [4.78, 5) is 14.0. The number of methoxy groups -OCH3 is 1. The minimum absolute atomic E-state index is 0.0671. The highest BCUT2D eigenvalue weighted by molar-refractivity contribution is 5.97. The predicted molar refractivity (Wildman–Crippen MR) is 69.5 cm³/mol. The fourth-order valence-corrected chi connectivity index (χ4v) is 1.59. The molecule has 0 saturated carbocycles. The van der Waals surface area contributed by atoms with Crippen molar-refractivity contribution in [2.75, 3.05) is 33.4 Å². The van der Waals surface area contributed by atoms with Crippen LogP contribution in [0.15, 0.2) is 24.3 Å². The fourth-order valence-electron chi connectivity index (χ4n) is 1.59. The Morgan fingerprint density at radius 3 is 2.56 bits per heavy atom. The molecule has 0 unspecified atom stereocenters. The molecule has 0 amide bonds. The molecule has 0 aromatic heterocycles. The third kappa shape index (κ3) is 4.28. The lowest BCUT2D eigenvalue weighted by atomic mass is 10.1. The lowest BCUT2D eigenvalue weighted by Crippen LogP contribution is -2.32. The van der Waals surface area contributed by atoms with Crippen LogP contribution in [0.5, 0.6) is 0 Å². The number of benzene rings is 1. The van der Waals surface area contributed by atoms with Gasteiger partial charge in [-0.25, -0.2) is 0 Å². The molecule has 1 aromatic carbocycles. The minimum Gasteiger partial charge on any atom is -0.383 e. The van der Waals surface area contributed by atoms with E-state index < -0.39 is 0 Å². The van der Waals surface area contributed by atoms with Gasteiger partial charge in [-0.05, 0) is 18.7 Å². The number of ketones is 1. The molecular formula is C14H18N2O2. The third-order valence-electron chi connectivity index (χ3n) is 2.76. The van der Waals surface area contributed by atoms with Crippen molar-refractivity contribution >= 4 is 5.78 Å². The van der Waals surface area contributed by atoms with E-state index in [2.05, 4.69) is 0 Å². The van der Waals surface area contributed by atoms with Crippen LogP contribution in [0, 0.1) is 11.3 Å². The van der Waals surface area contributed by atoms with Crippen molar-refractivity contribution < 1.29 is 9.53 Å². The number of hydrogen-bond donors (Lipinski definition) is 0. The highest BCUT2D eigenvalue weighted by Crippen LogP contribution is 2.05. The van der Waals surface area contributed by atoms with Crippen molar-refractivity contribution in [3.63, 3.8) is 0 Å². The number of nitrogens with zero attached hydrogens (tertiary/aromatic N) is 2. The first kappa shape index (κ1) is 14.4. The first-order valence-electron chi connectivity index (χ1n) is 5.96. The number of carbonyl (C=O) groups excluding carboxylic acids is 1. The standard InChI is InChI=1S/C14H18N2O2/c1-3-16(8-9-18-2)11-14(17)13-6-4-12(10-15)5-7-13/h4-7H,3,8-9,11H2,1-2H3. The maximum Gasteiger partial charge on any atom is 0.176 e. The van der Waals surface area contributed by atoms with Crippen molar-refractivity contribution in [2.24, 2.45) is 0 Å². The van der Waals surface area contributed by atoms with Gasteiger partial charge in [-0.15, -0.1) is 0 Å². The van der Waals surface area contributed by atoms with Crippen molar-refractivity contribution in [1.29, 1.82) is 5.26 Å². The minimum atomic E-state index is 0.0671. The number of Topliss-reactive ketones (excluding diaryl/α,β-unsaturated/α-hetero) is 1. The summed E-state index contributed by atoms with van der Waals surface area (Å²) in [5.74, 6) is 0.0671. The number of hydrogen-bond acceptors (Lipinski definition) is 4. The van der Waals surface area contributed by atoms with Crippen LogP contribution in [0.1, 0.15) is 22.8 Å². The van der Waals surface area contributed by atoms with Gasteiger partial charge in [0.1, 0.15) is 0 Å². The summed E-state index contributed by atoms with van der Waals surface area (Å²) in [6, 6.07) is 8.76. The molecule has 1 aromatic rings. The topological polar surface area (TPSA) is 53.3 Å². The van der Waals surface area contributed by atoms with E-state index in [9.17, 15) is 4.79 Å². The zero-order valence-electron chi connectivity index (χ0n) is 10.8. The average Bonchev–Trinajstić information content (AvgIpc) is 2.43. The van der Waals surface area contributed by atoms with E-state index in [1.165, 1.54) is 0 Å². The van der Waals surface area contributed by atoms with Gasteiger partial charge >= 0.3 is 0 Å². The summed E-state index contributed by atoms with van der Waals surface area (Å²) < 4.78 is 5.00. The maximum atomic E-state index is 12.0. The van der Waals surface area contributed by atoms with Gasteiger partial charge in [0, 0.05) is 19.2 Å². The van der Waals surface area contributed by atoms with Gasteiger partial charge in [0.05, 0.1) is 24.8 Å². The molecule has 0 spiro atoms. The van der Waals surface area contributed by atoms with Gasteiger partial charge in [0.15, 0.2) is 5.78 Å². The number of nitriles is 1. The quantitative estimate of drug-likeness (QED) is 0.687. The summed E-state index contributed by atoms with van der Waals surface area (Å²) in [6.45, 7) is 4.57. The number of rotatable bonds is 7. The Morgan fingerprint density at radius 2 is 2.06 bits per heavy atom. The molecule has 0 atom stereocenters. The fraction of sp³-hybridized carbons (Fsp3) is 0.429. The van der Waals surface area contributed by atoms with Crippen molar-refractivity contribution in [3.05, 3.63) is 35.4 Å². The molecule has 0 aliphatic rings. The molecule has 96 valence electrons. The van der Waals surface area contributed by atoms with E-state index in [0.717, 1.165) is 13.1 Å². The van der Waals surface area contributed by atoms with E-state index in [4.69, 9.17) is 10.00 Å². The van der Waals surface area contributed by atoms with Crippen LogP contribution in [0.4, 0.5) is 0 Å². The zero-order valence-corrected chi connectivity index (χ0v) is 10.8. The van der Waals surface area contributed by atoms with Crippen LogP contribution in [0.3, 0.4) is 0 Å². The monoisotopic (exact) mass is 246 g/mol. The third-order valence-corrected chi connectivity index (χ3v) is 2.76. The van der Waals surface area contributed by atoms with E-state index in [0.29, 0.717) is 24.3 Å². The van der Waals surface area contributed by atoms with Crippen LogP contribution < -0.4 is 0 Å². The largest absolute Gasteiger partial charge is 0.383 e. The lowest BCUT2D eigenvalue weighted by Gasteiger charge is -2.18. The Morgan fingerprint density at radius 1 is 1.39 bits per heavy atom. The molecule has 0 radical (unpaired) electrons. The Balaban J connectivity index is 2.60. The molecule has 18 heavy (non-hydrogen) atoms.